The molecule has 0 saturated carbocycles. The Hall–Kier alpha value is -2.53. The third-order valence-corrected chi connectivity index (χ3v) is 4.73. The molecule has 2 aromatic rings. The minimum atomic E-state index is -0.0322. The maximum Gasteiger partial charge on any atom is 0.223 e. The molecule has 5 heteroatoms. The van der Waals surface area contributed by atoms with Crippen LogP contribution < -0.4 is 0 Å². The first-order valence-corrected chi connectivity index (χ1v) is 8.61. The average molecular weight is 337 g/mol. The Labute approximate surface area is 148 Å². The van der Waals surface area contributed by atoms with Crippen molar-refractivity contribution in [3.8, 4) is 0 Å². The van der Waals surface area contributed by atoms with E-state index in [4.69, 9.17) is 0 Å². The molecule has 3 rings (SSSR count). The molecule has 0 radical (unpaired) electrons. The normalized spacial score (nSPS) is 18.1. The van der Waals surface area contributed by atoms with Crippen LogP contribution >= 0.6 is 0 Å². The number of carbonyl (C=O) groups is 2. The van der Waals surface area contributed by atoms with Gasteiger partial charge in [-0.3, -0.25) is 19.5 Å². The summed E-state index contributed by atoms with van der Waals surface area (Å²) in [5.41, 5.74) is 1.78. The minimum absolute atomic E-state index is 0.0322. The van der Waals surface area contributed by atoms with Crippen molar-refractivity contribution in [2.45, 2.75) is 18.9 Å². The third-order valence-electron chi connectivity index (χ3n) is 4.73. The quantitative estimate of drug-likeness (QED) is 0.787. The van der Waals surface area contributed by atoms with Crippen molar-refractivity contribution in [2.75, 3.05) is 26.7 Å². The monoisotopic (exact) mass is 337 g/mol. The van der Waals surface area contributed by atoms with Gasteiger partial charge in [-0.1, -0.05) is 30.3 Å². The number of hydrogen-bond acceptors (Lipinski definition) is 4. The number of piperazine rings is 1. The number of benzene rings is 1. The molecule has 1 saturated heterocycles. The number of hydrogen-bond donors (Lipinski definition) is 0. The van der Waals surface area contributed by atoms with E-state index in [2.05, 4.69) is 29.1 Å². The number of rotatable bonds is 5. The summed E-state index contributed by atoms with van der Waals surface area (Å²) >= 11 is 0. The van der Waals surface area contributed by atoms with Crippen molar-refractivity contribution in [1.82, 2.24) is 14.8 Å². The third kappa shape index (κ3) is 4.31. The SMILES string of the molecule is CN1CCN(C(=O)CCC(=O)c2cccnc2)CC1c1ccccc1. The van der Waals surface area contributed by atoms with Gasteiger partial charge < -0.3 is 4.90 Å². The highest BCUT2D eigenvalue weighted by molar-refractivity contribution is 5.97. The number of likely N-dealkylation sites (N-methyl/N-ethyl adjacent to an activating group) is 1. The fourth-order valence-corrected chi connectivity index (χ4v) is 3.19. The van der Waals surface area contributed by atoms with E-state index in [1.807, 2.05) is 23.1 Å². The Kier molecular flexibility index (Phi) is 5.56. The second-order valence-electron chi connectivity index (χ2n) is 6.41. The Bertz CT molecular complexity index is 718. The van der Waals surface area contributed by atoms with Gasteiger partial charge in [0.15, 0.2) is 5.78 Å². The van der Waals surface area contributed by atoms with Crippen LogP contribution in [-0.2, 0) is 4.79 Å². The summed E-state index contributed by atoms with van der Waals surface area (Å²) in [5.74, 6) is 0.0152. The lowest BCUT2D eigenvalue weighted by atomic mass is 10.0. The van der Waals surface area contributed by atoms with Gasteiger partial charge in [0, 0.05) is 50.4 Å². The highest BCUT2D eigenvalue weighted by atomic mass is 16.2. The number of nitrogens with zero attached hydrogens (tertiary/aromatic N) is 3. The Balaban J connectivity index is 1.58. The summed E-state index contributed by atoms with van der Waals surface area (Å²) in [4.78, 5) is 32.8. The molecule has 1 unspecified atom stereocenters. The molecule has 1 aromatic carbocycles. The van der Waals surface area contributed by atoms with E-state index < -0.39 is 0 Å². The van der Waals surface area contributed by atoms with E-state index in [9.17, 15) is 9.59 Å². The standard InChI is InChI=1S/C20H23N3O2/c1-22-12-13-23(15-18(22)16-6-3-2-4-7-16)20(25)10-9-19(24)17-8-5-11-21-14-17/h2-8,11,14,18H,9-10,12-13,15H2,1H3. The van der Waals surface area contributed by atoms with E-state index >= 15 is 0 Å². The van der Waals surface area contributed by atoms with Crippen LogP contribution in [0.25, 0.3) is 0 Å². The first-order chi connectivity index (χ1) is 12.1. The first kappa shape index (κ1) is 17.3. The van der Waals surface area contributed by atoms with E-state index in [0.29, 0.717) is 18.7 Å². The molecule has 1 aromatic heterocycles. The molecule has 1 fully saturated rings. The molecule has 25 heavy (non-hydrogen) atoms. The molecule has 1 aliphatic rings. The molecule has 1 amide bonds. The Morgan fingerprint density at radius 2 is 1.88 bits per heavy atom. The van der Waals surface area contributed by atoms with Gasteiger partial charge in [-0.05, 0) is 24.7 Å². The maximum absolute atomic E-state index is 12.6. The molecule has 0 aliphatic carbocycles. The number of pyridine rings is 1. The smallest absolute Gasteiger partial charge is 0.223 e. The van der Waals surface area contributed by atoms with Crippen LogP contribution in [0.4, 0.5) is 0 Å². The van der Waals surface area contributed by atoms with Crippen LogP contribution in [0.3, 0.4) is 0 Å². The summed E-state index contributed by atoms with van der Waals surface area (Å²) in [6, 6.07) is 13.9. The zero-order chi connectivity index (χ0) is 17.6. The number of ketones is 1. The van der Waals surface area contributed by atoms with Crippen LogP contribution in [0, 0.1) is 0 Å². The summed E-state index contributed by atoms with van der Waals surface area (Å²) in [6.07, 6.45) is 3.66. The van der Waals surface area contributed by atoms with Gasteiger partial charge in [-0.25, -0.2) is 0 Å². The molecule has 130 valence electrons. The lowest BCUT2D eigenvalue weighted by Crippen LogP contribution is -2.49. The first-order valence-electron chi connectivity index (χ1n) is 8.61. The zero-order valence-electron chi connectivity index (χ0n) is 14.5. The highest BCUT2D eigenvalue weighted by Crippen LogP contribution is 2.24. The van der Waals surface area contributed by atoms with Gasteiger partial charge in [0.25, 0.3) is 0 Å². The molecule has 0 spiro atoms. The van der Waals surface area contributed by atoms with Crippen LogP contribution in [0.1, 0.15) is 34.8 Å². The van der Waals surface area contributed by atoms with E-state index in [0.717, 1.165) is 6.54 Å². The van der Waals surface area contributed by atoms with Gasteiger partial charge in [-0.2, -0.15) is 0 Å². The molecular weight excluding hydrogens is 314 g/mol. The predicted octanol–water partition coefficient (Wildman–Crippen LogP) is 2.56. The van der Waals surface area contributed by atoms with Crippen molar-refractivity contribution in [3.05, 3.63) is 66.0 Å². The second kappa shape index (κ2) is 8.03. The van der Waals surface area contributed by atoms with Crippen LogP contribution in [0.2, 0.25) is 0 Å². The van der Waals surface area contributed by atoms with Crippen molar-refractivity contribution in [1.29, 1.82) is 0 Å². The fraction of sp³-hybridized carbons (Fsp3) is 0.350. The van der Waals surface area contributed by atoms with Crippen LogP contribution in [0.5, 0.6) is 0 Å². The van der Waals surface area contributed by atoms with Crippen LogP contribution in [-0.4, -0.2) is 53.2 Å². The maximum atomic E-state index is 12.6. The fourth-order valence-electron chi connectivity index (χ4n) is 3.19. The van der Waals surface area contributed by atoms with Gasteiger partial charge in [0.05, 0.1) is 6.04 Å². The molecule has 0 bridgehead atoms. The topological polar surface area (TPSA) is 53.5 Å². The largest absolute Gasteiger partial charge is 0.339 e. The zero-order valence-corrected chi connectivity index (χ0v) is 14.5. The molecule has 1 atom stereocenters. The van der Waals surface area contributed by atoms with Crippen molar-refractivity contribution < 1.29 is 9.59 Å². The van der Waals surface area contributed by atoms with Crippen LogP contribution in [0.15, 0.2) is 54.9 Å². The van der Waals surface area contributed by atoms with E-state index in [-0.39, 0.29) is 30.6 Å². The summed E-state index contributed by atoms with van der Waals surface area (Å²) < 4.78 is 0. The summed E-state index contributed by atoms with van der Waals surface area (Å²) in [6.45, 7) is 2.21. The van der Waals surface area contributed by atoms with Crippen molar-refractivity contribution >= 4 is 11.7 Å². The molecule has 5 nitrogen and oxygen atoms in total. The molecule has 0 N–H and O–H groups in total. The Morgan fingerprint density at radius 1 is 1.08 bits per heavy atom. The second-order valence-corrected chi connectivity index (χ2v) is 6.41. The van der Waals surface area contributed by atoms with Crippen molar-refractivity contribution in [3.63, 3.8) is 0 Å². The van der Waals surface area contributed by atoms with Crippen molar-refractivity contribution in [2.24, 2.45) is 0 Å². The Morgan fingerprint density at radius 3 is 2.60 bits per heavy atom. The number of aromatic nitrogens is 1. The van der Waals surface area contributed by atoms with Gasteiger partial charge >= 0.3 is 0 Å². The molecule has 2 heterocycles. The van der Waals surface area contributed by atoms with Gasteiger partial charge in [0.1, 0.15) is 0 Å². The van der Waals surface area contributed by atoms with Gasteiger partial charge in [-0.15, -0.1) is 0 Å². The lowest BCUT2D eigenvalue weighted by molar-refractivity contribution is -0.134. The number of amides is 1. The van der Waals surface area contributed by atoms with Gasteiger partial charge in [0.2, 0.25) is 5.91 Å². The summed E-state index contributed by atoms with van der Waals surface area (Å²) in [7, 11) is 2.09. The average Bonchev–Trinajstić information content (AvgIpc) is 2.67. The number of Topliss-reactive ketones (excluding diaryl/α,β-unsaturated/α-hetero) is 1. The van der Waals surface area contributed by atoms with E-state index in [1.165, 1.54) is 5.56 Å². The predicted molar refractivity (Wildman–Crippen MR) is 96.2 cm³/mol. The highest BCUT2D eigenvalue weighted by Gasteiger charge is 2.28. The van der Waals surface area contributed by atoms with E-state index in [1.54, 1.807) is 24.5 Å². The number of carbonyl (C=O) groups excluding carboxylic acids is 2. The molecule has 1 aliphatic heterocycles. The molecular formula is C20H23N3O2. The summed E-state index contributed by atoms with van der Waals surface area (Å²) in [5, 5.41) is 0. The lowest BCUT2D eigenvalue weighted by Gasteiger charge is -2.39. The minimum Gasteiger partial charge on any atom is -0.339 e.